The van der Waals surface area contributed by atoms with Crippen molar-refractivity contribution in [3.8, 4) is 0 Å². The fraction of sp³-hybridized carbons (Fsp3) is 0. The Kier molecular flexibility index (Phi) is 12.6. The van der Waals surface area contributed by atoms with E-state index in [9.17, 15) is 0 Å². The second kappa shape index (κ2) is 5.59. The minimum absolute atomic E-state index is 0. The standard InChI is InChI=1S/Fe.H4O4Si.Zr/c;1-5(2,3)4;/h;1-4H;. The van der Waals surface area contributed by atoms with Crippen LogP contribution in [0, 0.1) is 0 Å². The third-order valence-electron chi connectivity index (χ3n) is 0. The van der Waals surface area contributed by atoms with Gasteiger partial charge in [0.05, 0.1) is 0 Å². The zero-order valence-corrected chi connectivity index (χ0v) is 7.70. The van der Waals surface area contributed by atoms with E-state index in [1.54, 1.807) is 0 Å². The molecule has 0 fully saturated rings. The van der Waals surface area contributed by atoms with Gasteiger partial charge in [-0.1, -0.05) is 0 Å². The van der Waals surface area contributed by atoms with Crippen LogP contribution in [0.4, 0.5) is 0 Å². The number of rotatable bonds is 0. The molecule has 0 bridgehead atoms. The van der Waals surface area contributed by atoms with Gasteiger partial charge in [0, 0.05) is 43.3 Å². The molecule has 0 saturated heterocycles. The zero-order valence-electron chi connectivity index (χ0n) is 3.14. The molecule has 4 N–H and O–H groups in total. The van der Waals surface area contributed by atoms with Gasteiger partial charge in [-0.2, -0.15) is 0 Å². The molecule has 0 atom stereocenters. The summed E-state index contributed by atoms with van der Waals surface area (Å²) in [4.78, 5) is 29.3. The Hall–Kier alpha value is 1.46. The Morgan fingerprint density at radius 1 is 0.857 bits per heavy atom. The Bertz CT molecular complexity index is 27.2. The van der Waals surface area contributed by atoms with Crippen molar-refractivity contribution in [2.24, 2.45) is 0 Å². The van der Waals surface area contributed by atoms with Crippen LogP contribution in [-0.2, 0) is 43.3 Å². The Labute approximate surface area is 71.3 Å². The molecule has 0 spiro atoms. The van der Waals surface area contributed by atoms with Crippen molar-refractivity contribution in [2.75, 3.05) is 0 Å². The molecule has 4 nitrogen and oxygen atoms in total. The maximum Gasteiger partial charge on any atom is 0.668 e. The first-order valence-corrected chi connectivity index (χ1v) is 2.68. The van der Waals surface area contributed by atoms with E-state index in [2.05, 4.69) is 0 Å². The van der Waals surface area contributed by atoms with Crippen molar-refractivity contribution in [3.05, 3.63) is 0 Å². The van der Waals surface area contributed by atoms with Crippen LogP contribution in [0.1, 0.15) is 0 Å². The summed E-state index contributed by atoms with van der Waals surface area (Å²) < 4.78 is 0. The molecule has 0 aromatic heterocycles. The first-order chi connectivity index (χ1) is 2.00. The molecule has 0 aliphatic heterocycles. The summed E-state index contributed by atoms with van der Waals surface area (Å²) in [5.41, 5.74) is 0. The second-order valence-corrected chi connectivity index (χ2v) is 1.80. The molecule has 0 aromatic rings. The van der Waals surface area contributed by atoms with Gasteiger partial charge in [-0.25, -0.2) is 0 Å². The van der Waals surface area contributed by atoms with Crippen molar-refractivity contribution in [1.82, 2.24) is 0 Å². The normalized spacial score (nSPS) is 8.57. The van der Waals surface area contributed by atoms with E-state index in [4.69, 9.17) is 19.2 Å². The van der Waals surface area contributed by atoms with E-state index in [1.165, 1.54) is 0 Å². The van der Waals surface area contributed by atoms with Crippen LogP contribution in [0.2, 0.25) is 0 Å². The van der Waals surface area contributed by atoms with Crippen LogP contribution < -0.4 is 0 Å². The Morgan fingerprint density at radius 2 is 0.857 bits per heavy atom. The fourth-order valence-electron chi connectivity index (χ4n) is 0. The van der Waals surface area contributed by atoms with Crippen molar-refractivity contribution >= 4 is 9.05 Å². The molecule has 0 radical (unpaired) electrons. The van der Waals surface area contributed by atoms with Gasteiger partial charge in [-0.3, -0.25) is 0 Å². The minimum atomic E-state index is -4.61. The van der Waals surface area contributed by atoms with Gasteiger partial charge >= 0.3 is 9.05 Å². The second-order valence-electron chi connectivity index (χ2n) is 0.600. The summed E-state index contributed by atoms with van der Waals surface area (Å²) >= 11 is 0. The summed E-state index contributed by atoms with van der Waals surface area (Å²) in [7, 11) is -4.61. The van der Waals surface area contributed by atoms with E-state index in [-0.39, 0.29) is 43.3 Å². The fourth-order valence-corrected chi connectivity index (χ4v) is 0. The van der Waals surface area contributed by atoms with Crippen molar-refractivity contribution in [2.45, 2.75) is 0 Å². The maximum atomic E-state index is 7.33. The van der Waals surface area contributed by atoms with Crippen molar-refractivity contribution in [1.29, 1.82) is 0 Å². The SMILES string of the molecule is O[Si](O)(O)O.[Fe].[Zr]. The molecule has 0 aliphatic rings. The molecule has 7 heavy (non-hydrogen) atoms. The monoisotopic (exact) mass is 242 g/mol. The number of hydrogen-bond acceptors (Lipinski definition) is 4. The molecule has 0 heterocycles. The Balaban J connectivity index is -0.0000000800. The maximum absolute atomic E-state index is 7.33. The summed E-state index contributed by atoms with van der Waals surface area (Å²) in [6.45, 7) is 0. The van der Waals surface area contributed by atoms with Gasteiger partial charge in [0.2, 0.25) is 0 Å². The van der Waals surface area contributed by atoms with Crippen LogP contribution in [-0.4, -0.2) is 28.2 Å². The third kappa shape index (κ3) is 104. The van der Waals surface area contributed by atoms with Crippen molar-refractivity contribution in [3.63, 3.8) is 0 Å². The molecule has 7 heteroatoms. The van der Waals surface area contributed by atoms with Crippen LogP contribution in [0.3, 0.4) is 0 Å². The summed E-state index contributed by atoms with van der Waals surface area (Å²) in [5, 5.41) is 0. The first kappa shape index (κ1) is 15.8. The topological polar surface area (TPSA) is 80.9 Å². The van der Waals surface area contributed by atoms with Crippen LogP contribution in [0.25, 0.3) is 0 Å². The first-order valence-electron chi connectivity index (χ1n) is 0.894. The third-order valence-corrected chi connectivity index (χ3v) is 0. The quantitative estimate of drug-likeness (QED) is 0.351. The summed E-state index contributed by atoms with van der Waals surface area (Å²) in [6.07, 6.45) is 0. The van der Waals surface area contributed by atoms with Crippen LogP contribution in [0.15, 0.2) is 0 Å². The molecule has 0 aliphatic carbocycles. The molecule has 0 unspecified atom stereocenters. The molecular formula is H4FeO4SiZr. The summed E-state index contributed by atoms with van der Waals surface area (Å²) in [6, 6.07) is 0. The zero-order chi connectivity index (χ0) is 4.50. The average Bonchev–Trinajstić information content (AvgIpc) is 0.722. The van der Waals surface area contributed by atoms with E-state index >= 15 is 0 Å². The Morgan fingerprint density at radius 3 is 0.857 bits per heavy atom. The molecule has 0 amide bonds. The van der Waals surface area contributed by atoms with Gasteiger partial charge in [0.1, 0.15) is 0 Å². The smallest absolute Gasteiger partial charge is 0.368 e. The van der Waals surface area contributed by atoms with Gasteiger partial charge in [0.25, 0.3) is 0 Å². The van der Waals surface area contributed by atoms with E-state index < -0.39 is 9.05 Å². The van der Waals surface area contributed by atoms with Crippen molar-refractivity contribution < 1.29 is 62.5 Å². The molecule has 0 rings (SSSR count). The predicted molar refractivity (Wildman–Crippen MR) is 14.6 cm³/mol. The van der Waals surface area contributed by atoms with Gasteiger partial charge in [-0.15, -0.1) is 0 Å². The average molecular weight is 243 g/mol. The number of hydrogen-bond donors (Lipinski definition) is 4. The largest absolute Gasteiger partial charge is 0.668 e. The van der Waals surface area contributed by atoms with Gasteiger partial charge in [-0.05, 0) is 0 Å². The summed E-state index contributed by atoms with van der Waals surface area (Å²) in [5.74, 6) is 0. The van der Waals surface area contributed by atoms with Crippen LogP contribution >= 0.6 is 0 Å². The predicted octanol–water partition coefficient (Wildman–Crippen LogP) is -2.61. The van der Waals surface area contributed by atoms with E-state index in [1.807, 2.05) is 0 Å². The van der Waals surface area contributed by atoms with E-state index in [0.717, 1.165) is 0 Å². The molecule has 0 aromatic carbocycles. The molecular weight excluding hydrogens is 239 g/mol. The van der Waals surface area contributed by atoms with Gasteiger partial charge in [0.15, 0.2) is 0 Å². The van der Waals surface area contributed by atoms with E-state index in [0.29, 0.717) is 0 Å². The van der Waals surface area contributed by atoms with Gasteiger partial charge < -0.3 is 19.2 Å². The van der Waals surface area contributed by atoms with Crippen LogP contribution in [0.5, 0.6) is 0 Å². The molecule has 44 valence electrons. The minimum Gasteiger partial charge on any atom is -0.368 e. The molecule has 0 saturated carbocycles.